The Morgan fingerprint density at radius 2 is 1.92 bits per heavy atom. The van der Waals surface area contributed by atoms with Gasteiger partial charge in [-0.2, -0.15) is 0 Å². The lowest BCUT2D eigenvalue weighted by atomic mass is 9.89. The van der Waals surface area contributed by atoms with Crippen LogP contribution in [-0.4, -0.2) is 46.5 Å². The minimum atomic E-state index is -1.000. The van der Waals surface area contributed by atoms with E-state index in [1.807, 2.05) is 30.3 Å². The number of hydrogen-bond acceptors (Lipinski definition) is 5. The number of carbonyl (C=O) groups excluding carboxylic acids is 3. The largest absolute Gasteiger partial charge is 0.447 e. The third-order valence-corrected chi connectivity index (χ3v) is 4.75. The summed E-state index contributed by atoms with van der Waals surface area (Å²) in [4.78, 5) is 38.3. The first kappa shape index (κ1) is 19.1. The summed E-state index contributed by atoms with van der Waals surface area (Å²) in [6, 6.07) is 9.07. The fraction of sp³-hybridized carbons (Fsp3) is 0.526. The SMILES string of the molecule is CC[C@H](O)[C@@H](C)C(=O)[C@H](C)C(=O)N1C(=O)OC[C@@H]1Cc1ccccc1. The number of hydrogen-bond donors (Lipinski definition) is 1. The van der Waals surface area contributed by atoms with Gasteiger partial charge < -0.3 is 9.84 Å². The van der Waals surface area contributed by atoms with Crippen molar-refractivity contribution in [3.63, 3.8) is 0 Å². The molecule has 6 heteroatoms. The fourth-order valence-electron chi connectivity index (χ4n) is 3.03. The summed E-state index contributed by atoms with van der Waals surface area (Å²) in [7, 11) is 0. The highest BCUT2D eigenvalue weighted by molar-refractivity contribution is 6.07. The van der Waals surface area contributed by atoms with Crippen LogP contribution in [0.4, 0.5) is 4.79 Å². The molecule has 25 heavy (non-hydrogen) atoms. The summed E-state index contributed by atoms with van der Waals surface area (Å²) >= 11 is 0. The molecule has 2 rings (SSSR count). The van der Waals surface area contributed by atoms with Crippen LogP contribution in [0.3, 0.4) is 0 Å². The summed E-state index contributed by atoms with van der Waals surface area (Å²) in [6.07, 6.45) is -0.606. The Balaban J connectivity index is 2.11. The van der Waals surface area contributed by atoms with Crippen LogP contribution in [0.15, 0.2) is 30.3 Å². The molecule has 1 aromatic rings. The zero-order chi connectivity index (χ0) is 18.6. The standard InChI is InChI=1S/C19H25NO5/c1-4-16(21)12(2)17(22)13(3)18(23)20-15(11-25-19(20)24)10-14-8-6-5-7-9-14/h5-9,12-13,15-16,21H,4,10-11H2,1-3H3/t12-,13+,15+,16+/m1/s1. The number of cyclic esters (lactones) is 1. The number of aliphatic hydroxyl groups excluding tert-OH is 1. The number of ketones is 1. The maximum atomic E-state index is 12.7. The van der Waals surface area contributed by atoms with E-state index in [0.29, 0.717) is 12.8 Å². The second-order valence-corrected chi connectivity index (χ2v) is 6.52. The van der Waals surface area contributed by atoms with E-state index in [-0.39, 0.29) is 12.4 Å². The van der Waals surface area contributed by atoms with Crippen LogP contribution in [0, 0.1) is 11.8 Å². The number of carbonyl (C=O) groups is 3. The molecule has 0 unspecified atom stereocenters. The van der Waals surface area contributed by atoms with Crippen molar-refractivity contribution in [1.29, 1.82) is 0 Å². The predicted octanol–water partition coefficient (Wildman–Crippen LogP) is 2.19. The van der Waals surface area contributed by atoms with Crippen LogP contribution in [0.5, 0.6) is 0 Å². The molecule has 0 spiro atoms. The van der Waals surface area contributed by atoms with Gasteiger partial charge in [0.15, 0.2) is 0 Å². The molecule has 136 valence electrons. The quantitative estimate of drug-likeness (QED) is 0.765. The molecule has 6 nitrogen and oxygen atoms in total. The van der Waals surface area contributed by atoms with Gasteiger partial charge in [-0.3, -0.25) is 9.59 Å². The lowest BCUT2D eigenvalue weighted by Crippen LogP contribution is -2.46. The normalized spacial score (nSPS) is 20.7. The van der Waals surface area contributed by atoms with Crippen molar-refractivity contribution in [2.75, 3.05) is 6.61 Å². The minimum absolute atomic E-state index is 0.119. The van der Waals surface area contributed by atoms with Gasteiger partial charge in [-0.25, -0.2) is 9.69 Å². The number of rotatable bonds is 7. The van der Waals surface area contributed by atoms with Gasteiger partial charge in [0.1, 0.15) is 12.4 Å². The van der Waals surface area contributed by atoms with Crippen LogP contribution in [0.25, 0.3) is 0 Å². The number of aliphatic hydroxyl groups is 1. The third kappa shape index (κ3) is 4.25. The number of ether oxygens (including phenoxy) is 1. The molecule has 0 aliphatic carbocycles. The zero-order valence-electron chi connectivity index (χ0n) is 14.8. The van der Waals surface area contributed by atoms with Crippen LogP contribution >= 0.6 is 0 Å². The molecule has 1 fully saturated rings. The van der Waals surface area contributed by atoms with Crippen molar-refractivity contribution in [3.8, 4) is 0 Å². The van der Waals surface area contributed by atoms with E-state index in [0.717, 1.165) is 10.5 Å². The topological polar surface area (TPSA) is 83.9 Å². The van der Waals surface area contributed by atoms with Crippen molar-refractivity contribution in [1.82, 2.24) is 4.90 Å². The monoisotopic (exact) mass is 347 g/mol. The molecule has 4 atom stereocenters. The number of Topliss-reactive ketones (excluding diaryl/α,β-unsaturated/α-hetero) is 1. The number of imide groups is 1. The van der Waals surface area contributed by atoms with Crippen molar-refractivity contribution in [2.45, 2.75) is 45.8 Å². The molecule has 1 heterocycles. The Morgan fingerprint density at radius 3 is 2.52 bits per heavy atom. The first-order valence-corrected chi connectivity index (χ1v) is 8.62. The van der Waals surface area contributed by atoms with E-state index in [1.165, 1.54) is 6.92 Å². The van der Waals surface area contributed by atoms with Gasteiger partial charge in [0.25, 0.3) is 0 Å². The lowest BCUT2D eigenvalue weighted by molar-refractivity contribution is -0.141. The van der Waals surface area contributed by atoms with E-state index < -0.39 is 36.0 Å². The molecular formula is C19H25NO5. The van der Waals surface area contributed by atoms with E-state index in [9.17, 15) is 19.5 Å². The zero-order valence-corrected chi connectivity index (χ0v) is 14.8. The van der Waals surface area contributed by atoms with Crippen molar-refractivity contribution in [2.24, 2.45) is 11.8 Å². The Morgan fingerprint density at radius 1 is 1.28 bits per heavy atom. The maximum absolute atomic E-state index is 12.7. The summed E-state index contributed by atoms with van der Waals surface area (Å²) in [5, 5.41) is 9.85. The van der Waals surface area contributed by atoms with Crippen LogP contribution < -0.4 is 0 Å². The van der Waals surface area contributed by atoms with Gasteiger partial charge in [0.05, 0.1) is 18.1 Å². The van der Waals surface area contributed by atoms with E-state index >= 15 is 0 Å². The average Bonchev–Trinajstić information content (AvgIpc) is 2.99. The second-order valence-electron chi connectivity index (χ2n) is 6.52. The van der Waals surface area contributed by atoms with Gasteiger partial charge in [0.2, 0.25) is 5.91 Å². The van der Waals surface area contributed by atoms with E-state index in [2.05, 4.69) is 0 Å². The molecule has 0 bridgehead atoms. The summed E-state index contributed by atoms with van der Waals surface area (Å²) in [5.74, 6) is -2.59. The molecule has 0 saturated carbocycles. The van der Waals surface area contributed by atoms with Crippen molar-refractivity contribution < 1.29 is 24.2 Å². The number of amides is 2. The van der Waals surface area contributed by atoms with Gasteiger partial charge in [-0.1, -0.05) is 44.2 Å². The summed E-state index contributed by atoms with van der Waals surface area (Å²) < 4.78 is 5.04. The first-order chi connectivity index (χ1) is 11.9. The Bertz CT molecular complexity index is 630. The average molecular weight is 347 g/mol. The van der Waals surface area contributed by atoms with E-state index in [4.69, 9.17) is 4.74 Å². The van der Waals surface area contributed by atoms with Gasteiger partial charge in [-0.05, 0) is 25.3 Å². The minimum Gasteiger partial charge on any atom is -0.447 e. The number of nitrogens with zero attached hydrogens (tertiary/aromatic N) is 1. The maximum Gasteiger partial charge on any atom is 0.417 e. The van der Waals surface area contributed by atoms with Gasteiger partial charge in [0, 0.05) is 5.92 Å². The molecule has 1 aliphatic rings. The highest BCUT2D eigenvalue weighted by Crippen LogP contribution is 2.22. The molecule has 1 saturated heterocycles. The van der Waals surface area contributed by atoms with Gasteiger partial charge in [-0.15, -0.1) is 0 Å². The molecule has 0 aromatic heterocycles. The highest BCUT2D eigenvalue weighted by Gasteiger charge is 2.42. The van der Waals surface area contributed by atoms with Gasteiger partial charge >= 0.3 is 6.09 Å². The predicted molar refractivity (Wildman–Crippen MR) is 91.8 cm³/mol. The first-order valence-electron chi connectivity index (χ1n) is 8.62. The Kier molecular flexibility index (Phi) is 6.31. The second kappa shape index (κ2) is 8.25. The molecule has 1 N–H and O–H groups in total. The van der Waals surface area contributed by atoms with E-state index in [1.54, 1.807) is 13.8 Å². The lowest BCUT2D eigenvalue weighted by Gasteiger charge is -2.25. The Labute approximate surface area is 147 Å². The highest BCUT2D eigenvalue weighted by atomic mass is 16.6. The summed E-state index contributed by atoms with van der Waals surface area (Å²) in [5.41, 5.74) is 0.984. The van der Waals surface area contributed by atoms with Crippen LogP contribution in [-0.2, 0) is 20.7 Å². The molecule has 1 aromatic carbocycles. The van der Waals surface area contributed by atoms with Crippen molar-refractivity contribution in [3.05, 3.63) is 35.9 Å². The van der Waals surface area contributed by atoms with Crippen LogP contribution in [0.1, 0.15) is 32.8 Å². The molecular weight excluding hydrogens is 322 g/mol. The molecule has 1 aliphatic heterocycles. The number of benzene rings is 1. The van der Waals surface area contributed by atoms with Crippen LogP contribution in [0.2, 0.25) is 0 Å². The molecule has 0 radical (unpaired) electrons. The fourth-order valence-corrected chi connectivity index (χ4v) is 3.03. The smallest absolute Gasteiger partial charge is 0.417 e. The Hall–Kier alpha value is -2.21. The molecule has 2 amide bonds. The third-order valence-electron chi connectivity index (χ3n) is 4.75. The summed E-state index contributed by atoms with van der Waals surface area (Å²) in [6.45, 7) is 4.97. The van der Waals surface area contributed by atoms with Crippen molar-refractivity contribution >= 4 is 17.8 Å².